The predicted molar refractivity (Wildman–Crippen MR) is 88.7 cm³/mol. The molecule has 0 saturated heterocycles. The van der Waals surface area contributed by atoms with E-state index < -0.39 is 0 Å². The van der Waals surface area contributed by atoms with Gasteiger partial charge >= 0.3 is 0 Å². The molecule has 0 aromatic carbocycles. The summed E-state index contributed by atoms with van der Waals surface area (Å²) in [6.07, 6.45) is 13.8. The summed E-state index contributed by atoms with van der Waals surface area (Å²) in [4.78, 5) is 8.76. The number of nitrogens with zero attached hydrogens (tertiary/aromatic N) is 2. The van der Waals surface area contributed by atoms with E-state index in [9.17, 15) is 0 Å². The summed E-state index contributed by atoms with van der Waals surface area (Å²) in [7, 11) is 0. The molecular formula is C18H30N2. The van der Waals surface area contributed by atoms with Crippen LogP contribution in [0.4, 0.5) is 0 Å². The lowest BCUT2D eigenvalue weighted by Crippen LogP contribution is -2.13. The topological polar surface area (TPSA) is 24.7 Å². The lowest BCUT2D eigenvalue weighted by atomic mass is 9.81. The molecule has 20 heavy (non-hydrogen) atoms. The van der Waals surface area contributed by atoms with Gasteiger partial charge in [0, 0.05) is 13.0 Å². The molecule has 2 heteroatoms. The van der Waals surface area contributed by atoms with Crippen molar-refractivity contribution in [1.29, 1.82) is 0 Å². The van der Waals surface area contributed by atoms with Crippen LogP contribution in [0.15, 0.2) is 22.6 Å². The summed E-state index contributed by atoms with van der Waals surface area (Å²) in [6, 6.07) is 0. The molecule has 0 aliphatic heterocycles. The van der Waals surface area contributed by atoms with Crippen LogP contribution in [0.25, 0.3) is 0 Å². The zero-order valence-electron chi connectivity index (χ0n) is 13.1. The number of allylic oxidation sites excluding steroid dienone is 1. The number of hydrogen-bond acceptors (Lipinski definition) is 1. The first kappa shape index (κ1) is 15.5. The van der Waals surface area contributed by atoms with Crippen LogP contribution in [-0.4, -0.2) is 19.1 Å². The van der Waals surface area contributed by atoms with Gasteiger partial charge < -0.3 is 0 Å². The maximum absolute atomic E-state index is 4.67. The second kappa shape index (κ2) is 7.19. The number of rotatable bonds is 8. The standard InChI is InChI=1S/C18H30N2/c1-4-10-18(5-2)11-8-16(14-18)9-12-20-17(19-3)13-15-6-7-15/h5,15-16H,2-4,6-14H2,1H3/b20-17-. The first-order valence-electron chi connectivity index (χ1n) is 8.35. The van der Waals surface area contributed by atoms with Crippen molar-refractivity contribution in [2.45, 2.75) is 64.7 Å². The monoisotopic (exact) mass is 274 g/mol. The second-order valence-electron chi connectivity index (χ2n) is 6.82. The fourth-order valence-electron chi connectivity index (χ4n) is 3.66. The highest BCUT2D eigenvalue weighted by Gasteiger charge is 2.35. The van der Waals surface area contributed by atoms with Gasteiger partial charge in [-0.2, -0.15) is 0 Å². The highest BCUT2D eigenvalue weighted by molar-refractivity contribution is 5.86. The summed E-state index contributed by atoms with van der Waals surface area (Å²) >= 11 is 0. The van der Waals surface area contributed by atoms with Gasteiger partial charge in [0.25, 0.3) is 0 Å². The van der Waals surface area contributed by atoms with Crippen molar-refractivity contribution in [3.8, 4) is 0 Å². The SMILES string of the molecule is C=CC1(CCC)CCC(CC/N=C(/CC2CC2)N=C)C1. The van der Waals surface area contributed by atoms with Gasteiger partial charge in [0.1, 0.15) is 5.84 Å². The van der Waals surface area contributed by atoms with Crippen molar-refractivity contribution >= 4 is 12.6 Å². The van der Waals surface area contributed by atoms with Gasteiger partial charge in [0.05, 0.1) is 0 Å². The van der Waals surface area contributed by atoms with Gasteiger partial charge in [-0.3, -0.25) is 4.99 Å². The van der Waals surface area contributed by atoms with Crippen molar-refractivity contribution < 1.29 is 0 Å². The third-order valence-corrected chi connectivity index (χ3v) is 5.11. The quantitative estimate of drug-likeness (QED) is 0.336. The third-order valence-electron chi connectivity index (χ3n) is 5.11. The van der Waals surface area contributed by atoms with Gasteiger partial charge in [0.15, 0.2) is 0 Å². The molecule has 2 rings (SSSR count). The molecule has 0 aromatic rings. The predicted octanol–water partition coefficient (Wildman–Crippen LogP) is 5.05. The molecule has 0 radical (unpaired) electrons. The van der Waals surface area contributed by atoms with Crippen LogP contribution in [0.2, 0.25) is 0 Å². The fourth-order valence-corrected chi connectivity index (χ4v) is 3.66. The van der Waals surface area contributed by atoms with Crippen molar-refractivity contribution in [3.63, 3.8) is 0 Å². The molecule has 2 aliphatic carbocycles. The molecule has 2 aliphatic rings. The average Bonchev–Trinajstić information content (AvgIpc) is 3.18. The second-order valence-corrected chi connectivity index (χ2v) is 6.82. The van der Waals surface area contributed by atoms with E-state index in [0.29, 0.717) is 5.41 Å². The lowest BCUT2D eigenvalue weighted by Gasteiger charge is -2.24. The van der Waals surface area contributed by atoms with Crippen molar-refractivity contribution in [1.82, 2.24) is 0 Å². The van der Waals surface area contributed by atoms with Gasteiger partial charge in [-0.15, -0.1) is 6.58 Å². The van der Waals surface area contributed by atoms with Crippen molar-refractivity contribution in [2.75, 3.05) is 6.54 Å². The maximum Gasteiger partial charge on any atom is 0.122 e. The van der Waals surface area contributed by atoms with Crippen LogP contribution < -0.4 is 0 Å². The molecule has 0 bridgehead atoms. The molecule has 112 valence electrons. The number of aliphatic imine (C=N–C) groups is 2. The maximum atomic E-state index is 4.67. The lowest BCUT2D eigenvalue weighted by molar-refractivity contribution is 0.338. The van der Waals surface area contributed by atoms with Crippen LogP contribution in [0.1, 0.15) is 64.7 Å². The number of hydrogen-bond donors (Lipinski definition) is 0. The first-order chi connectivity index (χ1) is 9.71. The van der Waals surface area contributed by atoms with Crippen LogP contribution in [0.5, 0.6) is 0 Å². The summed E-state index contributed by atoms with van der Waals surface area (Å²) in [5.74, 6) is 2.67. The highest BCUT2D eigenvalue weighted by Crippen LogP contribution is 2.47. The zero-order chi connectivity index (χ0) is 14.4. The molecule has 2 saturated carbocycles. The van der Waals surface area contributed by atoms with Crippen LogP contribution in [0, 0.1) is 17.3 Å². The van der Waals surface area contributed by atoms with E-state index in [1.165, 1.54) is 51.4 Å². The molecule has 2 nitrogen and oxygen atoms in total. The van der Waals surface area contributed by atoms with E-state index in [-0.39, 0.29) is 0 Å². The van der Waals surface area contributed by atoms with E-state index in [2.05, 4.69) is 36.3 Å². The molecule has 2 unspecified atom stereocenters. The molecule has 0 heterocycles. The first-order valence-corrected chi connectivity index (χ1v) is 8.35. The Balaban J connectivity index is 1.75. The van der Waals surface area contributed by atoms with E-state index in [4.69, 9.17) is 0 Å². The minimum atomic E-state index is 0.427. The average molecular weight is 274 g/mol. The fraction of sp³-hybridized carbons (Fsp3) is 0.778. The molecular weight excluding hydrogens is 244 g/mol. The Kier molecular flexibility index (Phi) is 5.56. The Morgan fingerprint density at radius 3 is 2.70 bits per heavy atom. The summed E-state index contributed by atoms with van der Waals surface area (Å²) in [5, 5.41) is 0. The van der Waals surface area contributed by atoms with Gasteiger partial charge in [-0.25, -0.2) is 4.99 Å². The largest absolute Gasteiger partial charge is 0.271 e. The summed E-state index contributed by atoms with van der Waals surface area (Å²) in [5.41, 5.74) is 0.427. The minimum absolute atomic E-state index is 0.427. The molecule has 2 atom stereocenters. The van der Waals surface area contributed by atoms with Gasteiger partial charge in [-0.05, 0) is 68.9 Å². The summed E-state index contributed by atoms with van der Waals surface area (Å²) < 4.78 is 0. The van der Waals surface area contributed by atoms with E-state index in [1.807, 2.05) is 0 Å². The Hall–Kier alpha value is -0.920. The highest BCUT2D eigenvalue weighted by atomic mass is 14.9. The van der Waals surface area contributed by atoms with Crippen LogP contribution in [0.3, 0.4) is 0 Å². The Bertz CT molecular complexity index is 368. The summed E-state index contributed by atoms with van der Waals surface area (Å²) in [6.45, 7) is 11.0. The third kappa shape index (κ3) is 4.29. The Morgan fingerprint density at radius 1 is 1.30 bits per heavy atom. The molecule has 0 aromatic heterocycles. The van der Waals surface area contributed by atoms with E-state index in [1.54, 1.807) is 0 Å². The van der Waals surface area contributed by atoms with Gasteiger partial charge in [0.2, 0.25) is 0 Å². The van der Waals surface area contributed by atoms with Gasteiger partial charge in [-0.1, -0.05) is 19.4 Å². The number of amidine groups is 1. The molecule has 0 amide bonds. The zero-order valence-corrected chi connectivity index (χ0v) is 13.1. The van der Waals surface area contributed by atoms with E-state index >= 15 is 0 Å². The van der Waals surface area contributed by atoms with Crippen molar-refractivity contribution in [2.24, 2.45) is 27.2 Å². The van der Waals surface area contributed by atoms with Crippen molar-refractivity contribution in [3.05, 3.63) is 12.7 Å². The van der Waals surface area contributed by atoms with Crippen LogP contribution in [-0.2, 0) is 0 Å². The smallest absolute Gasteiger partial charge is 0.122 e. The van der Waals surface area contributed by atoms with Crippen LogP contribution >= 0.6 is 0 Å². The molecule has 0 spiro atoms. The molecule has 2 fully saturated rings. The minimum Gasteiger partial charge on any atom is -0.271 e. The molecule has 0 N–H and O–H groups in total. The Morgan fingerprint density at radius 2 is 2.10 bits per heavy atom. The normalized spacial score (nSPS) is 30.4. The van der Waals surface area contributed by atoms with E-state index in [0.717, 1.165) is 30.6 Å². The Labute approximate surface area is 124 Å².